The predicted octanol–water partition coefficient (Wildman–Crippen LogP) is 2.28. The van der Waals surface area contributed by atoms with Gasteiger partial charge in [-0.2, -0.15) is 0 Å². The average Bonchev–Trinajstić information content (AvgIpc) is 2.96. The van der Waals surface area contributed by atoms with Crippen molar-refractivity contribution in [3.8, 4) is 5.75 Å². The Morgan fingerprint density at radius 3 is 2.70 bits per heavy atom. The lowest BCUT2D eigenvalue weighted by atomic mass is 10.1. The minimum Gasteiger partial charge on any atom is -0.491 e. The number of benzene rings is 1. The highest BCUT2D eigenvalue weighted by Gasteiger charge is 2.25. The second-order valence-corrected chi connectivity index (χ2v) is 5.50. The number of ether oxygens (including phenoxy) is 1. The number of hydrogen-bond acceptors (Lipinski definition) is 3. The second-order valence-electron chi connectivity index (χ2n) is 5.50. The van der Waals surface area contributed by atoms with Crippen molar-refractivity contribution in [2.75, 3.05) is 19.6 Å². The van der Waals surface area contributed by atoms with Crippen LogP contribution in [-0.2, 0) is 0 Å². The third kappa shape index (κ3) is 3.51. The van der Waals surface area contributed by atoms with Crippen molar-refractivity contribution < 1.29 is 9.53 Å². The molecule has 2 N–H and O–H groups in total. The van der Waals surface area contributed by atoms with Crippen molar-refractivity contribution in [3.05, 3.63) is 29.8 Å². The summed E-state index contributed by atoms with van der Waals surface area (Å²) >= 11 is 0. The summed E-state index contributed by atoms with van der Waals surface area (Å²) in [5.41, 5.74) is 6.38. The van der Waals surface area contributed by atoms with E-state index in [4.69, 9.17) is 10.5 Å². The van der Waals surface area contributed by atoms with Crippen LogP contribution < -0.4 is 10.5 Å². The van der Waals surface area contributed by atoms with Gasteiger partial charge in [0.2, 0.25) is 0 Å². The lowest BCUT2D eigenvalue weighted by Gasteiger charge is -2.17. The Morgan fingerprint density at radius 1 is 1.45 bits per heavy atom. The summed E-state index contributed by atoms with van der Waals surface area (Å²) in [6, 6.07) is 7.43. The molecule has 2 unspecified atom stereocenters. The predicted molar refractivity (Wildman–Crippen MR) is 79.9 cm³/mol. The van der Waals surface area contributed by atoms with E-state index in [2.05, 4.69) is 6.92 Å². The molecule has 1 aliphatic heterocycles. The van der Waals surface area contributed by atoms with Crippen LogP contribution in [0.3, 0.4) is 0 Å². The molecule has 0 bridgehead atoms. The van der Waals surface area contributed by atoms with E-state index < -0.39 is 0 Å². The zero-order chi connectivity index (χ0) is 14.5. The Hall–Kier alpha value is -1.55. The van der Waals surface area contributed by atoms with Gasteiger partial charge in [0.05, 0.1) is 6.10 Å². The first-order valence-electron chi connectivity index (χ1n) is 7.40. The molecule has 0 saturated carbocycles. The molecule has 0 spiro atoms. The monoisotopic (exact) mass is 276 g/mol. The number of nitrogens with zero attached hydrogens (tertiary/aromatic N) is 1. The molecule has 1 amide bonds. The largest absolute Gasteiger partial charge is 0.491 e. The fraction of sp³-hybridized carbons (Fsp3) is 0.562. The number of amides is 1. The number of likely N-dealkylation sites (tertiary alicyclic amines) is 1. The van der Waals surface area contributed by atoms with E-state index in [1.807, 2.05) is 36.1 Å². The van der Waals surface area contributed by atoms with Crippen molar-refractivity contribution in [3.63, 3.8) is 0 Å². The van der Waals surface area contributed by atoms with Crippen molar-refractivity contribution in [2.45, 2.75) is 32.8 Å². The SMILES string of the molecule is CCC(C)Oc1ccc(C(=O)N2CCC(CN)C2)cc1. The molecule has 4 heteroatoms. The maximum Gasteiger partial charge on any atom is 0.253 e. The van der Waals surface area contributed by atoms with Crippen molar-refractivity contribution >= 4 is 5.91 Å². The lowest BCUT2D eigenvalue weighted by molar-refractivity contribution is 0.0787. The molecule has 1 aromatic carbocycles. The van der Waals surface area contributed by atoms with Crippen LogP contribution in [0.5, 0.6) is 5.75 Å². The van der Waals surface area contributed by atoms with Gasteiger partial charge in [-0.15, -0.1) is 0 Å². The van der Waals surface area contributed by atoms with Crippen LogP contribution in [0.4, 0.5) is 0 Å². The Labute approximate surface area is 120 Å². The molecule has 1 aromatic rings. The number of carbonyl (C=O) groups excluding carboxylic acids is 1. The number of carbonyl (C=O) groups is 1. The molecular weight excluding hydrogens is 252 g/mol. The maximum absolute atomic E-state index is 12.3. The average molecular weight is 276 g/mol. The Bertz CT molecular complexity index is 444. The Morgan fingerprint density at radius 2 is 2.15 bits per heavy atom. The Balaban J connectivity index is 1.97. The first-order chi connectivity index (χ1) is 9.63. The van der Waals surface area contributed by atoms with E-state index in [0.717, 1.165) is 37.2 Å². The minimum absolute atomic E-state index is 0.0936. The molecule has 4 nitrogen and oxygen atoms in total. The zero-order valence-electron chi connectivity index (χ0n) is 12.3. The molecule has 2 rings (SSSR count). The summed E-state index contributed by atoms with van der Waals surface area (Å²) in [6.45, 7) is 6.37. The number of hydrogen-bond donors (Lipinski definition) is 1. The normalized spacial score (nSPS) is 19.9. The molecule has 1 fully saturated rings. The number of rotatable bonds is 5. The summed E-state index contributed by atoms with van der Waals surface area (Å²) < 4.78 is 5.72. The first kappa shape index (κ1) is 14.9. The highest BCUT2D eigenvalue weighted by molar-refractivity contribution is 5.94. The molecule has 1 aliphatic rings. The molecule has 0 aliphatic carbocycles. The maximum atomic E-state index is 12.3. The zero-order valence-corrected chi connectivity index (χ0v) is 12.3. The number of nitrogens with two attached hydrogens (primary N) is 1. The minimum atomic E-state index is 0.0936. The van der Waals surface area contributed by atoms with E-state index in [1.54, 1.807) is 0 Å². The highest BCUT2D eigenvalue weighted by atomic mass is 16.5. The summed E-state index contributed by atoms with van der Waals surface area (Å²) in [6.07, 6.45) is 2.17. The van der Waals surface area contributed by atoms with Gasteiger partial charge in [0.1, 0.15) is 5.75 Å². The van der Waals surface area contributed by atoms with Crippen molar-refractivity contribution in [2.24, 2.45) is 11.7 Å². The van der Waals surface area contributed by atoms with Gasteiger partial charge in [-0.25, -0.2) is 0 Å². The van der Waals surface area contributed by atoms with Gasteiger partial charge in [-0.3, -0.25) is 4.79 Å². The van der Waals surface area contributed by atoms with E-state index in [0.29, 0.717) is 12.5 Å². The van der Waals surface area contributed by atoms with Gasteiger partial charge >= 0.3 is 0 Å². The van der Waals surface area contributed by atoms with Gasteiger partial charge in [0.25, 0.3) is 5.91 Å². The fourth-order valence-electron chi connectivity index (χ4n) is 2.38. The van der Waals surface area contributed by atoms with Crippen LogP contribution in [0.1, 0.15) is 37.0 Å². The third-order valence-corrected chi connectivity index (χ3v) is 3.92. The van der Waals surface area contributed by atoms with E-state index in [-0.39, 0.29) is 12.0 Å². The molecule has 2 atom stereocenters. The van der Waals surface area contributed by atoms with Crippen LogP contribution in [-0.4, -0.2) is 36.5 Å². The third-order valence-electron chi connectivity index (χ3n) is 3.92. The van der Waals surface area contributed by atoms with Gasteiger partial charge in [-0.05, 0) is 56.5 Å². The summed E-state index contributed by atoms with van der Waals surface area (Å²) in [5, 5.41) is 0. The van der Waals surface area contributed by atoms with Crippen LogP contribution in [0.2, 0.25) is 0 Å². The summed E-state index contributed by atoms with van der Waals surface area (Å²) in [5.74, 6) is 1.36. The molecule has 1 saturated heterocycles. The van der Waals surface area contributed by atoms with Crippen LogP contribution in [0.25, 0.3) is 0 Å². The molecule has 20 heavy (non-hydrogen) atoms. The molecule has 1 heterocycles. The van der Waals surface area contributed by atoms with Gasteiger partial charge in [0, 0.05) is 18.7 Å². The molecule has 0 aromatic heterocycles. The van der Waals surface area contributed by atoms with Gasteiger partial charge in [-0.1, -0.05) is 6.92 Å². The van der Waals surface area contributed by atoms with Crippen LogP contribution in [0.15, 0.2) is 24.3 Å². The van der Waals surface area contributed by atoms with Gasteiger partial charge in [0.15, 0.2) is 0 Å². The Kier molecular flexibility index (Phi) is 5.01. The topological polar surface area (TPSA) is 55.6 Å². The van der Waals surface area contributed by atoms with Crippen molar-refractivity contribution in [1.82, 2.24) is 4.90 Å². The van der Waals surface area contributed by atoms with Gasteiger partial charge < -0.3 is 15.4 Å². The molecule has 0 radical (unpaired) electrons. The van der Waals surface area contributed by atoms with E-state index in [9.17, 15) is 4.79 Å². The van der Waals surface area contributed by atoms with Crippen LogP contribution >= 0.6 is 0 Å². The van der Waals surface area contributed by atoms with E-state index >= 15 is 0 Å². The summed E-state index contributed by atoms with van der Waals surface area (Å²) in [7, 11) is 0. The van der Waals surface area contributed by atoms with Crippen LogP contribution in [0, 0.1) is 5.92 Å². The molecule has 110 valence electrons. The standard InChI is InChI=1S/C16H24N2O2/c1-3-12(2)20-15-6-4-14(5-7-15)16(19)18-9-8-13(10-17)11-18/h4-7,12-13H,3,8-11,17H2,1-2H3. The fourth-order valence-corrected chi connectivity index (χ4v) is 2.38. The van der Waals surface area contributed by atoms with Crippen molar-refractivity contribution in [1.29, 1.82) is 0 Å². The smallest absolute Gasteiger partial charge is 0.253 e. The first-order valence-corrected chi connectivity index (χ1v) is 7.40. The van der Waals surface area contributed by atoms with E-state index in [1.165, 1.54) is 0 Å². The second kappa shape index (κ2) is 6.75. The summed E-state index contributed by atoms with van der Waals surface area (Å²) in [4.78, 5) is 14.2. The highest BCUT2D eigenvalue weighted by Crippen LogP contribution is 2.20. The molecular formula is C16H24N2O2. The quantitative estimate of drug-likeness (QED) is 0.897. The lowest BCUT2D eigenvalue weighted by Crippen LogP contribution is -2.29.